The maximum atomic E-state index is 11.5. The topological polar surface area (TPSA) is 67.4 Å². The molecule has 2 rings (SSSR count). The first-order valence-electron chi connectivity index (χ1n) is 5.20. The van der Waals surface area contributed by atoms with E-state index in [9.17, 15) is 9.59 Å². The Morgan fingerprint density at radius 1 is 1.29 bits per heavy atom. The SMILES string of the molecule is O=C(Cc1ccccc1)NNC1=CC(=O)OC1. The number of carbonyl (C=O) groups is 2. The van der Waals surface area contributed by atoms with Crippen LogP contribution in [0.15, 0.2) is 42.1 Å². The van der Waals surface area contributed by atoms with Crippen molar-refractivity contribution in [1.82, 2.24) is 10.9 Å². The van der Waals surface area contributed by atoms with Gasteiger partial charge in [-0.1, -0.05) is 30.3 Å². The summed E-state index contributed by atoms with van der Waals surface area (Å²) in [6.07, 6.45) is 1.60. The highest BCUT2D eigenvalue weighted by molar-refractivity contribution is 5.85. The number of rotatable bonds is 4. The zero-order chi connectivity index (χ0) is 12.1. The first-order chi connectivity index (χ1) is 8.24. The van der Waals surface area contributed by atoms with Crippen LogP contribution in [0.25, 0.3) is 0 Å². The van der Waals surface area contributed by atoms with Gasteiger partial charge in [0.2, 0.25) is 5.91 Å². The smallest absolute Gasteiger partial charge is 0.333 e. The Morgan fingerprint density at radius 2 is 2.06 bits per heavy atom. The molecule has 2 N–H and O–H groups in total. The van der Waals surface area contributed by atoms with Crippen molar-refractivity contribution in [3.8, 4) is 0 Å². The van der Waals surface area contributed by atoms with E-state index in [1.165, 1.54) is 6.08 Å². The van der Waals surface area contributed by atoms with Crippen molar-refractivity contribution in [2.45, 2.75) is 6.42 Å². The fourth-order valence-electron chi connectivity index (χ4n) is 1.42. The van der Waals surface area contributed by atoms with Crippen LogP contribution in [0, 0.1) is 0 Å². The Morgan fingerprint density at radius 3 is 2.71 bits per heavy atom. The van der Waals surface area contributed by atoms with Crippen molar-refractivity contribution < 1.29 is 14.3 Å². The van der Waals surface area contributed by atoms with Gasteiger partial charge in [-0.05, 0) is 5.56 Å². The molecule has 17 heavy (non-hydrogen) atoms. The highest BCUT2D eigenvalue weighted by atomic mass is 16.5. The molecule has 5 heteroatoms. The molecule has 88 valence electrons. The van der Waals surface area contributed by atoms with Crippen LogP contribution in [0.3, 0.4) is 0 Å². The molecule has 1 aliphatic heterocycles. The standard InChI is InChI=1S/C12H12N2O3/c15-11(6-9-4-2-1-3-5-9)14-13-10-7-12(16)17-8-10/h1-5,7,13H,6,8H2,(H,14,15). The fraction of sp³-hybridized carbons (Fsp3) is 0.167. The third-order valence-corrected chi connectivity index (χ3v) is 2.23. The number of hydrogen-bond acceptors (Lipinski definition) is 4. The lowest BCUT2D eigenvalue weighted by atomic mass is 10.1. The van der Waals surface area contributed by atoms with Crippen LogP contribution in [0.1, 0.15) is 5.56 Å². The van der Waals surface area contributed by atoms with Gasteiger partial charge in [-0.2, -0.15) is 0 Å². The van der Waals surface area contributed by atoms with Crippen LogP contribution >= 0.6 is 0 Å². The highest BCUT2D eigenvalue weighted by Crippen LogP contribution is 2.01. The molecule has 0 saturated heterocycles. The van der Waals surface area contributed by atoms with Gasteiger partial charge in [0.05, 0.1) is 12.1 Å². The summed E-state index contributed by atoms with van der Waals surface area (Å²) in [6, 6.07) is 9.40. The molecule has 0 saturated carbocycles. The minimum Gasteiger partial charge on any atom is -0.456 e. The molecule has 5 nitrogen and oxygen atoms in total. The summed E-state index contributed by atoms with van der Waals surface area (Å²) < 4.78 is 4.67. The van der Waals surface area contributed by atoms with Crippen LogP contribution in [-0.4, -0.2) is 18.5 Å². The maximum Gasteiger partial charge on any atom is 0.333 e. The fourth-order valence-corrected chi connectivity index (χ4v) is 1.42. The van der Waals surface area contributed by atoms with E-state index in [-0.39, 0.29) is 18.9 Å². The third kappa shape index (κ3) is 3.34. The number of amides is 1. The van der Waals surface area contributed by atoms with Gasteiger partial charge in [0.1, 0.15) is 6.61 Å². The minimum absolute atomic E-state index is 0.170. The van der Waals surface area contributed by atoms with E-state index in [0.717, 1.165) is 5.56 Å². The number of benzene rings is 1. The van der Waals surface area contributed by atoms with Crippen molar-refractivity contribution in [3.05, 3.63) is 47.7 Å². The summed E-state index contributed by atoms with van der Waals surface area (Å²) in [7, 11) is 0. The maximum absolute atomic E-state index is 11.5. The van der Waals surface area contributed by atoms with Crippen LogP contribution in [-0.2, 0) is 20.7 Å². The average molecular weight is 232 g/mol. The molecule has 0 fully saturated rings. The largest absolute Gasteiger partial charge is 0.456 e. The highest BCUT2D eigenvalue weighted by Gasteiger charge is 2.12. The summed E-state index contributed by atoms with van der Waals surface area (Å²) in [5, 5.41) is 0. The molecule has 1 amide bonds. The van der Waals surface area contributed by atoms with Gasteiger partial charge < -0.3 is 4.74 Å². The van der Waals surface area contributed by atoms with Gasteiger partial charge in [-0.3, -0.25) is 15.6 Å². The Bertz CT molecular complexity index is 454. The van der Waals surface area contributed by atoms with E-state index < -0.39 is 5.97 Å². The van der Waals surface area contributed by atoms with Crippen LogP contribution < -0.4 is 10.9 Å². The molecule has 0 aliphatic carbocycles. The van der Waals surface area contributed by atoms with Crippen molar-refractivity contribution >= 4 is 11.9 Å². The second-order valence-corrected chi connectivity index (χ2v) is 3.61. The summed E-state index contributed by atoms with van der Waals surface area (Å²) in [5.74, 6) is -0.568. The van der Waals surface area contributed by atoms with Gasteiger partial charge in [0.15, 0.2) is 0 Å². The molecule has 0 spiro atoms. The Kier molecular flexibility index (Phi) is 3.40. The number of hydrogen-bond donors (Lipinski definition) is 2. The number of hydrazine groups is 1. The lowest BCUT2D eigenvalue weighted by Crippen LogP contribution is -2.38. The Hall–Kier alpha value is -2.30. The predicted molar refractivity (Wildman–Crippen MR) is 60.5 cm³/mol. The van der Waals surface area contributed by atoms with Gasteiger partial charge in [0.25, 0.3) is 0 Å². The minimum atomic E-state index is -0.398. The summed E-state index contributed by atoms with van der Waals surface area (Å²) >= 11 is 0. The zero-order valence-electron chi connectivity index (χ0n) is 9.10. The van der Waals surface area contributed by atoms with Crippen molar-refractivity contribution in [1.29, 1.82) is 0 Å². The van der Waals surface area contributed by atoms with Crippen molar-refractivity contribution in [3.63, 3.8) is 0 Å². The van der Waals surface area contributed by atoms with Crippen LogP contribution in [0.4, 0.5) is 0 Å². The quantitative estimate of drug-likeness (QED) is 0.578. The number of carbonyl (C=O) groups excluding carboxylic acids is 2. The second-order valence-electron chi connectivity index (χ2n) is 3.61. The molecule has 1 aliphatic rings. The number of nitrogens with one attached hydrogen (secondary N) is 2. The summed E-state index contributed by atoms with van der Waals surface area (Å²) in [5.41, 5.74) is 6.63. The zero-order valence-corrected chi connectivity index (χ0v) is 9.10. The monoisotopic (exact) mass is 232 g/mol. The van der Waals surface area contributed by atoms with E-state index in [1.54, 1.807) is 0 Å². The Labute approximate surface area is 98.4 Å². The molecule has 1 heterocycles. The molecule has 1 aromatic rings. The summed E-state index contributed by atoms with van der Waals surface area (Å²) in [6.45, 7) is 0.171. The predicted octanol–water partition coefficient (Wildman–Crippen LogP) is 0.291. The normalized spacial score (nSPS) is 13.9. The van der Waals surface area contributed by atoms with Gasteiger partial charge >= 0.3 is 5.97 Å². The first-order valence-corrected chi connectivity index (χ1v) is 5.20. The lowest BCUT2D eigenvalue weighted by molar-refractivity contribution is -0.134. The van der Waals surface area contributed by atoms with E-state index in [0.29, 0.717) is 5.70 Å². The molecule has 1 aromatic carbocycles. The van der Waals surface area contributed by atoms with Crippen LogP contribution in [0.5, 0.6) is 0 Å². The third-order valence-electron chi connectivity index (χ3n) is 2.23. The number of esters is 1. The van der Waals surface area contributed by atoms with E-state index in [4.69, 9.17) is 0 Å². The number of cyclic esters (lactones) is 1. The van der Waals surface area contributed by atoms with Gasteiger partial charge in [0, 0.05) is 6.08 Å². The molecule has 0 radical (unpaired) electrons. The van der Waals surface area contributed by atoms with Gasteiger partial charge in [-0.25, -0.2) is 4.79 Å². The lowest BCUT2D eigenvalue weighted by Gasteiger charge is -2.07. The van der Waals surface area contributed by atoms with E-state index in [2.05, 4.69) is 15.6 Å². The molecule has 0 atom stereocenters. The first kappa shape index (κ1) is 11.2. The van der Waals surface area contributed by atoms with Crippen molar-refractivity contribution in [2.24, 2.45) is 0 Å². The molecule has 0 unspecified atom stereocenters. The van der Waals surface area contributed by atoms with E-state index in [1.807, 2.05) is 30.3 Å². The van der Waals surface area contributed by atoms with E-state index >= 15 is 0 Å². The number of ether oxygens (including phenoxy) is 1. The molecular weight excluding hydrogens is 220 g/mol. The molecule has 0 aromatic heterocycles. The van der Waals surface area contributed by atoms with Crippen molar-refractivity contribution in [2.75, 3.05) is 6.61 Å². The molecular formula is C12H12N2O3. The summed E-state index contributed by atoms with van der Waals surface area (Å²) in [4.78, 5) is 22.3. The second kappa shape index (κ2) is 5.16. The van der Waals surface area contributed by atoms with Crippen LogP contribution in [0.2, 0.25) is 0 Å². The average Bonchev–Trinajstić information content (AvgIpc) is 2.74. The molecule has 0 bridgehead atoms. The Balaban J connectivity index is 1.79. The van der Waals surface area contributed by atoms with Gasteiger partial charge in [-0.15, -0.1) is 0 Å².